The van der Waals surface area contributed by atoms with E-state index >= 15 is 0 Å². The minimum absolute atomic E-state index is 0.0371. The maximum absolute atomic E-state index is 12.7. The van der Waals surface area contributed by atoms with Crippen molar-refractivity contribution in [2.24, 2.45) is 0 Å². The van der Waals surface area contributed by atoms with E-state index in [2.05, 4.69) is 9.46 Å². The second-order valence-electron chi connectivity index (χ2n) is 5.19. The first-order valence-electron chi connectivity index (χ1n) is 7.93. The molecule has 0 aliphatic carbocycles. The van der Waals surface area contributed by atoms with Crippen molar-refractivity contribution in [3.63, 3.8) is 0 Å². The molecule has 0 radical (unpaired) electrons. The van der Waals surface area contributed by atoms with Crippen LogP contribution >= 0.6 is 11.3 Å². The zero-order valence-corrected chi connectivity index (χ0v) is 16.6. The predicted octanol–water partition coefficient (Wildman–Crippen LogP) is 3.44. The zero-order valence-electron chi connectivity index (χ0n) is 15.0. The molecule has 142 valence electrons. The minimum Gasteiger partial charge on any atom is -0.490 e. The Hall–Kier alpha value is -2.26. The highest BCUT2D eigenvalue weighted by Gasteiger charge is 2.21. The number of thiophene rings is 1. The van der Waals surface area contributed by atoms with E-state index < -0.39 is 16.0 Å². The van der Waals surface area contributed by atoms with E-state index in [0.29, 0.717) is 40.2 Å². The van der Waals surface area contributed by atoms with Crippen LogP contribution in [-0.2, 0) is 14.8 Å². The molecule has 0 unspecified atom stereocenters. The summed E-state index contributed by atoms with van der Waals surface area (Å²) in [7, 11) is -2.57. The number of anilines is 1. The van der Waals surface area contributed by atoms with Crippen molar-refractivity contribution in [3.05, 3.63) is 34.7 Å². The molecule has 0 saturated heterocycles. The van der Waals surface area contributed by atoms with Gasteiger partial charge in [-0.15, -0.1) is 11.3 Å². The standard InChI is InChI=1S/C17H21NO6S2/c1-5-23-13-8-7-12(10-14(13)24-6-2)26(20,21)18-15-9-11(3)16(25-15)17(19)22-4/h7-10,18H,5-6H2,1-4H3. The molecule has 1 N–H and O–H groups in total. The first-order valence-corrected chi connectivity index (χ1v) is 10.2. The van der Waals surface area contributed by atoms with Crippen LogP contribution in [0, 0.1) is 6.92 Å². The van der Waals surface area contributed by atoms with Gasteiger partial charge in [-0.25, -0.2) is 13.2 Å². The maximum atomic E-state index is 12.7. The normalized spacial score (nSPS) is 11.1. The van der Waals surface area contributed by atoms with E-state index in [0.717, 1.165) is 11.3 Å². The molecule has 0 saturated carbocycles. The number of nitrogens with one attached hydrogen (secondary N) is 1. The SMILES string of the molecule is CCOc1ccc(S(=O)(=O)Nc2cc(C)c(C(=O)OC)s2)cc1OCC. The Labute approximate surface area is 156 Å². The van der Waals surface area contributed by atoms with E-state index in [1.54, 1.807) is 26.0 Å². The Kier molecular flexibility index (Phi) is 6.49. The van der Waals surface area contributed by atoms with Gasteiger partial charge in [-0.3, -0.25) is 4.72 Å². The van der Waals surface area contributed by atoms with Gasteiger partial charge in [0.15, 0.2) is 11.5 Å². The summed E-state index contributed by atoms with van der Waals surface area (Å²) in [4.78, 5) is 12.1. The Morgan fingerprint density at radius 3 is 2.38 bits per heavy atom. The Morgan fingerprint density at radius 2 is 1.77 bits per heavy atom. The largest absolute Gasteiger partial charge is 0.490 e. The lowest BCUT2D eigenvalue weighted by Crippen LogP contribution is -2.12. The maximum Gasteiger partial charge on any atom is 0.348 e. The van der Waals surface area contributed by atoms with Crippen molar-refractivity contribution < 1.29 is 27.4 Å². The average Bonchev–Trinajstić information content (AvgIpc) is 2.95. The molecule has 0 bridgehead atoms. The fraction of sp³-hybridized carbons (Fsp3) is 0.353. The summed E-state index contributed by atoms with van der Waals surface area (Å²) in [5.74, 6) is 0.334. The lowest BCUT2D eigenvalue weighted by molar-refractivity contribution is 0.0605. The molecule has 2 aromatic rings. The first-order chi connectivity index (χ1) is 12.3. The molecule has 0 aliphatic rings. The van der Waals surface area contributed by atoms with Crippen molar-refractivity contribution >= 4 is 32.3 Å². The third kappa shape index (κ3) is 4.47. The Bertz CT molecular complexity index is 889. The third-order valence-corrected chi connectivity index (χ3v) is 5.97. The zero-order chi connectivity index (χ0) is 19.3. The molecule has 26 heavy (non-hydrogen) atoms. The van der Waals surface area contributed by atoms with E-state index in [9.17, 15) is 13.2 Å². The second-order valence-corrected chi connectivity index (χ2v) is 7.93. The topological polar surface area (TPSA) is 90.9 Å². The minimum atomic E-state index is -3.85. The quantitative estimate of drug-likeness (QED) is 0.684. The lowest BCUT2D eigenvalue weighted by Gasteiger charge is -2.13. The van der Waals surface area contributed by atoms with Crippen molar-refractivity contribution in [1.82, 2.24) is 0 Å². The fourth-order valence-electron chi connectivity index (χ4n) is 2.22. The number of rotatable bonds is 8. The van der Waals surface area contributed by atoms with E-state index in [1.807, 2.05) is 6.92 Å². The van der Waals surface area contributed by atoms with Crippen molar-refractivity contribution in [1.29, 1.82) is 0 Å². The average molecular weight is 399 g/mol. The predicted molar refractivity (Wildman–Crippen MR) is 100.0 cm³/mol. The van der Waals surface area contributed by atoms with Crippen LogP contribution in [-0.4, -0.2) is 34.7 Å². The van der Waals surface area contributed by atoms with Gasteiger partial charge in [-0.1, -0.05) is 0 Å². The highest BCUT2D eigenvalue weighted by molar-refractivity contribution is 7.93. The van der Waals surface area contributed by atoms with Crippen LogP contribution in [0.1, 0.15) is 29.1 Å². The van der Waals surface area contributed by atoms with E-state index in [-0.39, 0.29) is 4.90 Å². The van der Waals surface area contributed by atoms with Gasteiger partial charge in [0.2, 0.25) is 0 Å². The van der Waals surface area contributed by atoms with Crippen molar-refractivity contribution in [3.8, 4) is 11.5 Å². The number of carbonyl (C=O) groups is 1. The number of aryl methyl sites for hydroxylation is 1. The van der Waals surface area contributed by atoms with Gasteiger partial charge in [-0.2, -0.15) is 0 Å². The summed E-state index contributed by atoms with van der Waals surface area (Å²) in [5.41, 5.74) is 0.640. The van der Waals surface area contributed by atoms with Gasteiger partial charge in [0, 0.05) is 6.07 Å². The van der Waals surface area contributed by atoms with E-state index in [4.69, 9.17) is 9.47 Å². The van der Waals surface area contributed by atoms with Gasteiger partial charge in [0.1, 0.15) is 9.88 Å². The number of hydrogen-bond donors (Lipinski definition) is 1. The molecule has 2 rings (SSSR count). The van der Waals surface area contributed by atoms with Crippen LogP contribution in [0.4, 0.5) is 5.00 Å². The van der Waals surface area contributed by atoms with Gasteiger partial charge in [-0.05, 0) is 44.5 Å². The summed E-state index contributed by atoms with van der Waals surface area (Å²) >= 11 is 1.02. The highest BCUT2D eigenvalue weighted by Crippen LogP contribution is 2.33. The number of methoxy groups -OCH3 is 1. The van der Waals surface area contributed by atoms with Crippen LogP contribution < -0.4 is 14.2 Å². The lowest BCUT2D eigenvalue weighted by atomic mass is 10.3. The monoisotopic (exact) mass is 399 g/mol. The highest BCUT2D eigenvalue weighted by atomic mass is 32.2. The number of benzene rings is 1. The molecule has 1 aromatic heterocycles. The molecule has 0 aliphatic heterocycles. The molecule has 0 spiro atoms. The molecular weight excluding hydrogens is 378 g/mol. The number of esters is 1. The van der Waals surface area contributed by atoms with E-state index in [1.165, 1.54) is 19.2 Å². The van der Waals surface area contributed by atoms with Crippen LogP contribution in [0.2, 0.25) is 0 Å². The Morgan fingerprint density at radius 1 is 1.12 bits per heavy atom. The molecule has 0 amide bonds. The summed E-state index contributed by atoms with van der Waals surface area (Å²) < 4.78 is 43.4. The molecule has 9 heteroatoms. The fourth-order valence-corrected chi connectivity index (χ4v) is 4.51. The van der Waals surface area contributed by atoms with Crippen LogP contribution in [0.3, 0.4) is 0 Å². The second kappa shape index (κ2) is 8.41. The molecule has 7 nitrogen and oxygen atoms in total. The number of sulfonamides is 1. The summed E-state index contributed by atoms with van der Waals surface area (Å²) in [6.07, 6.45) is 0. The third-order valence-electron chi connectivity index (χ3n) is 3.35. The van der Waals surface area contributed by atoms with Gasteiger partial charge >= 0.3 is 5.97 Å². The number of ether oxygens (including phenoxy) is 3. The van der Waals surface area contributed by atoms with Crippen molar-refractivity contribution in [2.45, 2.75) is 25.7 Å². The summed E-state index contributed by atoms with van der Waals surface area (Å²) in [6, 6.07) is 6.01. The molecule has 1 aromatic carbocycles. The summed E-state index contributed by atoms with van der Waals surface area (Å²) in [6.45, 7) is 6.17. The summed E-state index contributed by atoms with van der Waals surface area (Å²) in [5, 5.41) is 0.328. The number of carbonyl (C=O) groups excluding carboxylic acids is 1. The van der Waals surface area contributed by atoms with Crippen molar-refractivity contribution in [2.75, 3.05) is 25.0 Å². The van der Waals surface area contributed by atoms with Gasteiger partial charge in [0.25, 0.3) is 10.0 Å². The van der Waals surface area contributed by atoms with Crippen LogP contribution in [0.15, 0.2) is 29.2 Å². The van der Waals surface area contributed by atoms with Crippen LogP contribution in [0.25, 0.3) is 0 Å². The molecule has 1 heterocycles. The smallest absolute Gasteiger partial charge is 0.348 e. The first kappa shape index (κ1) is 20.1. The number of hydrogen-bond acceptors (Lipinski definition) is 7. The van der Waals surface area contributed by atoms with Gasteiger partial charge in [0.05, 0.1) is 25.2 Å². The van der Waals surface area contributed by atoms with Gasteiger partial charge < -0.3 is 14.2 Å². The Balaban J connectivity index is 2.33. The molecular formula is C17H21NO6S2. The molecule has 0 atom stereocenters. The molecule has 0 fully saturated rings. The van der Waals surface area contributed by atoms with Crippen LogP contribution in [0.5, 0.6) is 11.5 Å².